The zero-order chi connectivity index (χ0) is 20.3. The molecule has 0 bridgehead atoms. The summed E-state index contributed by atoms with van der Waals surface area (Å²) in [5.74, 6) is 0.878. The number of amides is 2. The van der Waals surface area contributed by atoms with Crippen LogP contribution in [0.5, 0.6) is 11.5 Å². The first-order valence-electron chi connectivity index (χ1n) is 8.86. The molecule has 0 unspecified atom stereocenters. The second-order valence-corrected chi connectivity index (χ2v) is 7.73. The van der Waals surface area contributed by atoms with Crippen molar-refractivity contribution in [1.82, 2.24) is 0 Å². The molecule has 1 aliphatic rings. The molecular formula is C21H20ClNO4S. The van der Waals surface area contributed by atoms with Crippen LogP contribution >= 0.6 is 23.4 Å². The molecule has 0 spiro atoms. The number of thioether (sulfide) groups is 1. The number of carbonyl (C=O) groups is 2. The van der Waals surface area contributed by atoms with Crippen molar-refractivity contribution in [1.29, 1.82) is 0 Å². The van der Waals surface area contributed by atoms with Gasteiger partial charge in [-0.15, -0.1) is 0 Å². The average Bonchev–Trinajstić information content (AvgIpc) is 2.91. The molecule has 2 aromatic rings. The lowest BCUT2D eigenvalue weighted by molar-refractivity contribution is -0.113. The maximum atomic E-state index is 12.8. The van der Waals surface area contributed by atoms with Gasteiger partial charge >= 0.3 is 0 Å². The van der Waals surface area contributed by atoms with E-state index in [1.807, 2.05) is 26.8 Å². The maximum Gasteiger partial charge on any atom is 0.298 e. The van der Waals surface area contributed by atoms with Gasteiger partial charge in [0.2, 0.25) is 0 Å². The molecule has 2 amide bonds. The van der Waals surface area contributed by atoms with Gasteiger partial charge in [0.1, 0.15) is 0 Å². The molecule has 1 heterocycles. The van der Waals surface area contributed by atoms with Gasteiger partial charge in [-0.05, 0) is 80.6 Å². The van der Waals surface area contributed by atoms with E-state index in [4.69, 9.17) is 21.1 Å². The van der Waals surface area contributed by atoms with Crippen LogP contribution < -0.4 is 14.4 Å². The molecule has 7 heteroatoms. The second kappa shape index (κ2) is 8.71. The van der Waals surface area contributed by atoms with E-state index in [1.54, 1.807) is 42.5 Å². The Morgan fingerprint density at radius 2 is 1.82 bits per heavy atom. The van der Waals surface area contributed by atoms with Crippen molar-refractivity contribution in [2.24, 2.45) is 0 Å². The molecule has 0 atom stereocenters. The molecule has 0 aromatic heterocycles. The van der Waals surface area contributed by atoms with Crippen molar-refractivity contribution in [2.75, 3.05) is 11.5 Å². The van der Waals surface area contributed by atoms with Crippen LogP contribution in [0.2, 0.25) is 5.02 Å². The number of ether oxygens (including phenoxy) is 2. The number of nitrogens with zero attached hydrogens (tertiary/aromatic N) is 1. The van der Waals surface area contributed by atoms with Gasteiger partial charge in [-0.25, -0.2) is 4.90 Å². The molecule has 0 radical (unpaired) electrons. The van der Waals surface area contributed by atoms with Crippen molar-refractivity contribution in [3.8, 4) is 11.5 Å². The Hall–Kier alpha value is -2.44. The minimum absolute atomic E-state index is 0.0148. The molecule has 0 N–H and O–H groups in total. The Morgan fingerprint density at radius 1 is 1.11 bits per heavy atom. The van der Waals surface area contributed by atoms with E-state index in [-0.39, 0.29) is 17.3 Å². The number of halogens is 1. The summed E-state index contributed by atoms with van der Waals surface area (Å²) in [6.07, 6.45) is 1.70. The number of carbonyl (C=O) groups excluding carboxylic acids is 2. The summed E-state index contributed by atoms with van der Waals surface area (Å²) >= 11 is 6.79. The predicted octanol–water partition coefficient (Wildman–Crippen LogP) is 5.77. The van der Waals surface area contributed by atoms with Gasteiger partial charge in [0.25, 0.3) is 11.1 Å². The summed E-state index contributed by atoms with van der Waals surface area (Å²) in [5, 5.41) is 0.196. The molecule has 3 rings (SSSR count). The lowest BCUT2D eigenvalue weighted by atomic mass is 10.1. The molecule has 1 aliphatic heterocycles. The number of benzene rings is 2. The van der Waals surface area contributed by atoms with Crippen molar-refractivity contribution in [2.45, 2.75) is 26.9 Å². The Kier molecular flexibility index (Phi) is 6.31. The number of hydrogen-bond donors (Lipinski definition) is 0. The van der Waals surface area contributed by atoms with E-state index >= 15 is 0 Å². The topological polar surface area (TPSA) is 55.8 Å². The SMILES string of the molecule is CCOc1cc(/C=C2\SC(=O)N(c3ccc(Cl)cc3)C2=O)ccc1OC(C)C. The monoisotopic (exact) mass is 417 g/mol. The number of hydrogen-bond acceptors (Lipinski definition) is 5. The van der Waals surface area contributed by atoms with Gasteiger partial charge < -0.3 is 9.47 Å². The Labute approximate surface area is 173 Å². The van der Waals surface area contributed by atoms with E-state index in [0.717, 1.165) is 22.2 Å². The fourth-order valence-electron chi connectivity index (χ4n) is 2.67. The van der Waals surface area contributed by atoms with Gasteiger partial charge in [-0.3, -0.25) is 9.59 Å². The molecule has 5 nitrogen and oxygen atoms in total. The zero-order valence-corrected chi connectivity index (χ0v) is 17.3. The Bertz CT molecular complexity index is 925. The largest absolute Gasteiger partial charge is 0.490 e. The third-order valence-corrected chi connectivity index (χ3v) is 4.93. The first-order valence-corrected chi connectivity index (χ1v) is 10.1. The number of anilines is 1. The van der Waals surface area contributed by atoms with Gasteiger partial charge in [-0.1, -0.05) is 17.7 Å². The highest BCUT2D eigenvalue weighted by atomic mass is 35.5. The lowest BCUT2D eigenvalue weighted by Gasteiger charge is -2.15. The van der Waals surface area contributed by atoms with Gasteiger partial charge in [0, 0.05) is 5.02 Å². The second-order valence-electron chi connectivity index (χ2n) is 6.30. The van der Waals surface area contributed by atoms with Crippen LogP contribution in [0.15, 0.2) is 47.4 Å². The normalized spacial score (nSPS) is 15.6. The molecule has 1 fully saturated rings. The fraction of sp³-hybridized carbons (Fsp3) is 0.238. The van der Waals surface area contributed by atoms with Crippen LogP contribution in [-0.2, 0) is 4.79 Å². The average molecular weight is 418 g/mol. The zero-order valence-electron chi connectivity index (χ0n) is 15.8. The predicted molar refractivity (Wildman–Crippen MR) is 113 cm³/mol. The minimum Gasteiger partial charge on any atom is -0.490 e. The molecule has 2 aromatic carbocycles. The van der Waals surface area contributed by atoms with E-state index in [2.05, 4.69) is 0 Å². The summed E-state index contributed by atoms with van der Waals surface area (Å²) in [6.45, 7) is 6.26. The van der Waals surface area contributed by atoms with Crippen LogP contribution in [0.1, 0.15) is 26.3 Å². The van der Waals surface area contributed by atoms with E-state index in [1.165, 1.54) is 0 Å². The van der Waals surface area contributed by atoms with Crippen molar-refractivity contribution in [3.63, 3.8) is 0 Å². The van der Waals surface area contributed by atoms with Crippen LogP contribution in [0.4, 0.5) is 10.5 Å². The van der Waals surface area contributed by atoms with Crippen molar-refractivity contribution in [3.05, 3.63) is 58.0 Å². The van der Waals surface area contributed by atoms with E-state index < -0.39 is 0 Å². The highest BCUT2D eigenvalue weighted by Crippen LogP contribution is 2.37. The first-order chi connectivity index (χ1) is 13.4. The number of imide groups is 1. The molecule has 28 heavy (non-hydrogen) atoms. The quantitative estimate of drug-likeness (QED) is 0.558. The van der Waals surface area contributed by atoms with Gasteiger partial charge in [0.15, 0.2) is 11.5 Å². The first kappa shape index (κ1) is 20.3. The summed E-state index contributed by atoms with van der Waals surface area (Å²) < 4.78 is 11.4. The lowest BCUT2D eigenvalue weighted by Crippen LogP contribution is -2.27. The molecule has 1 saturated heterocycles. The highest BCUT2D eigenvalue weighted by molar-refractivity contribution is 8.19. The highest BCUT2D eigenvalue weighted by Gasteiger charge is 2.36. The number of rotatable bonds is 6. The fourth-order valence-corrected chi connectivity index (χ4v) is 3.63. The standard InChI is InChI=1S/C21H20ClNO4S/c1-4-26-18-11-14(5-10-17(18)27-13(2)3)12-19-20(24)23(21(25)28-19)16-8-6-15(22)7-9-16/h5-13H,4H2,1-3H3/b19-12-. The smallest absolute Gasteiger partial charge is 0.298 e. The molecular weight excluding hydrogens is 398 g/mol. The summed E-state index contributed by atoms with van der Waals surface area (Å²) in [6, 6.07) is 12.0. The summed E-state index contributed by atoms with van der Waals surface area (Å²) in [7, 11) is 0. The Morgan fingerprint density at radius 3 is 2.46 bits per heavy atom. The van der Waals surface area contributed by atoms with Crippen molar-refractivity contribution < 1.29 is 19.1 Å². The molecule has 146 valence electrons. The van der Waals surface area contributed by atoms with Crippen LogP contribution in [-0.4, -0.2) is 23.9 Å². The maximum absolute atomic E-state index is 12.8. The third-order valence-electron chi connectivity index (χ3n) is 3.81. The summed E-state index contributed by atoms with van der Waals surface area (Å²) in [4.78, 5) is 26.6. The van der Waals surface area contributed by atoms with Crippen LogP contribution in [0.25, 0.3) is 6.08 Å². The third kappa shape index (κ3) is 4.51. The molecule has 0 aliphatic carbocycles. The van der Waals surface area contributed by atoms with Crippen molar-refractivity contribution >= 4 is 46.3 Å². The minimum atomic E-state index is -0.363. The van der Waals surface area contributed by atoms with Gasteiger partial charge in [-0.2, -0.15) is 0 Å². The van der Waals surface area contributed by atoms with E-state index in [9.17, 15) is 9.59 Å². The van der Waals surface area contributed by atoms with Gasteiger partial charge in [0.05, 0.1) is 23.3 Å². The molecule has 0 saturated carbocycles. The van der Waals surface area contributed by atoms with Crippen LogP contribution in [0, 0.1) is 0 Å². The van der Waals surface area contributed by atoms with E-state index in [0.29, 0.717) is 33.7 Å². The van der Waals surface area contributed by atoms with Crippen LogP contribution in [0.3, 0.4) is 0 Å². The summed E-state index contributed by atoms with van der Waals surface area (Å²) in [5.41, 5.74) is 1.24. The Balaban J connectivity index is 1.89.